The standard InChI is InChI=1S/C10H11N5O4/c16-8-6-7(12-9(11-6)15(18)19)13-10(17)14(8)4-5-2-1-3-5/h5H,1-4H2,(H,11,12)(H,13,17). The first-order chi connectivity index (χ1) is 9.06. The maximum Gasteiger partial charge on any atom is 0.435 e. The fourth-order valence-corrected chi connectivity index (χ4v) is 2.19. The summed E-state index contributed by atoms with van der Waals surface area (Å²) >= 11 is 0. The quantitative estimate of drug-likeness (QED) is 0.602. The van der Waals surface area contributed by atoms with Crippen LogP contribution in [-0.2, 0) is 6.54 Å². The van der Waals surface area contributed by atoms with Gasteiger partial charge in [-0.15, -0.1) is 0 Å². The summed E-state index contributed by atoms with van der Waals surface area (Å²) in [6, 6.07) is 0. The zero-order valence-electron chi connectivity index (χ0n) is 9.88. The SMILES string of the molecule is O=c1[nH]c2nc([N+](=O)[O-])[nH]c2c(=O)n1CC1CCC1. The molecule has 1 aliphatic rings. The number of aromatic amines is 2. The third-order valence-electron chi connectivity index (χ3n) is 3.46. The molecule has 0 radical (unpaired) electrons. The molecule has 0 bridgehead atoms. The second-order valence-electron chi connectivity index (χ2n) is 4.68. The van der Waals surface area contributed by atoms with Gasteiger partial charge in [-0.25, -0.2) is 9.78 Å². The first-order valence-electron chi connectivity index (χ1n) is 5.93. The maximum absolute atomic E-state index is 12.1. The van der Waals surface area contributed by atoms with Crippen molar-refractivity contribution >= 4 is 17.1 Å². The molecule has 19 heavy (non-hydrogen) atoms. The lowest BCUT2D eigenvalue weighted by molar-refractivity contribution is -0.393. The molecule has 2 aromatic heterocycles. The highest BCUT2D eigenvalue weighted by molar-refractivity contribution is 5.70. The van der Waals surface area contributed by atoms with Gasteiger partial charge in [0.15, 0.2) is 0 Å². The van der Waals surface area contributed by atoms with Crippen LogP contribution in [-0.4, -0.2) is 24.4 Å². The van der Waals surface area contributed by atoms with E-state index in [-0.39, 0.29) is 11.2 Å². The van der Waals surface area contributed by atoms with E-state index < -0.39 is 22.1 Å². The van der Waals surface area contributed by atoms with Crippen molar-refractivity contribution in [3.63, 3.8) is 0 Å². The number of H-pyrrole nitrogens is 2. The third kappa shape index (κ3) is 1.83. The fraction of sp³-hybridized carbons (Fsp3) is 0.500. The van der Waals surface area contributed by atoms with Gasteiger partial charge in [0.1, 0.15) is 0 Å². The smallest absolute Gasteiger partial charge is 0.390 e. The Balaban J connectivity index is 2.15. The first kappa shape index (κ1) is 11.6. The molecular formula is C10H11N5O4. The molecule has 3 rings (SSSR count). The van der Waals surface area contributed by atoms with E-state index in [2.05, 4.69) is 15.0 Å². The third-order valence-corrected chi connectivity index (χ3v) is 3.46. The molecule has 2 heterocycles. The van der Waals surface area contributed by atoms with E-state index in [1.54, 1.807) is 0 Å². The van der Waals surface area contributed by atoms with Crippen LogP contribution in [0.25, 0.3) is 11.2 Å². The normalized spacial score (nSPS) is 15.6. The Bertz CT molecular complexity index is 766. The zero-order valence-corrected chi connectivity index (χ0v) is 9.88. The van der Waals surface area contributed by atoms with Crippen molar-refractivity contribution in [2.75, 3.05) is 0 Å². The van der Waals surface area contributed by atoms with Crippen molar-refractivity contribution < 1.29 is 4.92 Å². The minimum Gasteiger partial charge on any atom is -0.390 e. The summed E-state index contributed by atoms with van der Waals surface area (Å²) in [5, 5.41) is 10.6. The van der Waals surface area contributed by atoms with Gasteiger partial charge in [-0.3, -0.25) is 14.3 Å². The molecule has 9 heteroatoms. The van der Waals surface area contributed by atoms with Gasteiger partial charge in [-0.05, 0) is 28.7 Å². The van der Waals surface area contributed by atoms with Gasteiger partial charge in [0, 0.05) is 6.54 Å². The number of hydrogen-bond acceptors (Lipinski definition) is 5. The molecule has 0 saturated heterocycles. The Kier molecular flexibility index (Phi) is 2.47. The van der Waals surface area contributed by atoms with Gasteiger partial charge in [0.25, 0.3) is 11.2 Å². The van der Waals surface area contributed by atoms with Gasteiger partial charge < -0.3 is 10.1 Å². The summed E-state index contributed by atoms with van der Waals surface area (Å²) in [6.45, 7) is 0.344. The predicted octanol–water partition coefficient (Wildman–Crippen LogP) is 0.121. The second-order valence-corrected chi connectivity index (χ2v) is 4.68. The predicted molar refractivity (Wildman–Crippen MR) is 65.0 cm³/mol. The molecule has 1 aliphatic carbocycles. The lowest BCUT2D eigenvalue weighted by Crippen LogP contribution is -2.38. The summed E-state index contributed by atoms with van der Waals surface area (Å²) < 4.78 is 1.08. The molecule has 1 fully saturated rings. The summed E-state index contributed by atoms with van der Waals surface area (Å²) in [7, 11) is 0. The van der Waals surface area contributed by atoms with Crippen molar-refractivity contribution in [1.29, 1.82) is 0 Å². The Morgan fingerprint density at radius 1 is 1.37 bits per heavy atom. The summed E-state index contributed by atoms with van der Waals surface area (Å²) in [6.07, 6.45) is 3.09. The molecule has 100 valence electrons. The number of aromatic nitrogens is 4. The van der Waals surface area contributed by atoms with Crippen molar-refractivity contribution in [3.05, 3.63) is 31.0 Å². The molecule has 0 aromatic carbocycles. The van der Waals surface area contributed by atoms with Gasteiger partial charge >= 0.3 is 11.6 Å². The van der Waals surface area contributed by atoms with Crippen LogP contribution < -0.4 is 11.2 Å². The van der Waals surface area contributed by atoms with Crippen molar-refractivity contribution in [2.45, 2.75) is 25.8 Å². The summed E-state index contributed by atoms with van der Waals surface area (Å²) in [5.74, 6) is -0.224. The topological polar surface area (TPSA) is 127 Å². The van der Waals surface area contributed by atoms with Gasteiger partial charge in [-0.2, -0.15) is 0 Å². The number of rotatable bonds is 3. The molecule has 2 N–H and O–H groups in total. The Labute approximate surface area is 105 Å². The van der Waals surface area contributed by atoms with Crippen LogP contribution in [0.5, 0.6) is 0 Å². The molecule has 0 aliphatic heterocycles. The highest BCUT2D eigenvalue weighted by Gasteiger charge is 2.23. The minimum absolute atomic E-state index is 0.0365. The minimum atomic E-state index is -0.742. The van der Waals surface area contributed by atoms with Gasteiger partial charge in [-0.1, -0.05) is 6.42 Å². The number of fused-ring (bicyclic) bond motifs is 1. The van der Waals surface area contributed by atoms with Crippen LogP contribution in [0.3, 0.4) is 0 Å². The Morgan fingerprint density at radius 3 is 2.68 bits per heavy atom. The molecular weight excluding hydrogens is 254 g/mol. The van der Waals surface area contributed by atoms with Crippen LogP contribution in [0.15, 0.2) is 9.59 Å². The number of nitrogens with zero attached hydrogens (tertiary/aromatic N) is 3. The van der Waals surface area contributed by atoms with E-state index in [1.807, 2.05) is 0 Å². The molecule has 0 amide bonds. The highest BCUT2D eigenvalue weighted by Crippen LogP contribution is 2.27. The molecule has 0 unspecified atom stereocenters. The average molecular weight is 265 g/mol. The van der Waals surface area contributed by atoms with Crippen LogP contribution in [0, 0.1) is 16.0 Å². The fourth-order valence-electron chi connectivity index (χ4n) is 2.19. The van der Waals surface area contributed by atoms with E-state index in [0.717, 1.165) is 23.8 Å². The van der Waals surface area contributed by atoms with Crippen LogP contribution >= 0.6 is 0 Å². The average Bonchev–Trinajstić information content (AvgIpc) is 2.70. The molecule has 1 saturated carbocycles. The first-order valence-corrected chi connectivity index (χ1v) is 5.93. The van der Waals surface area contributed by atoms with Crippen molar-refractivity contribution in [3.8, 4) is 0 Å². The van der Waals surface area contributed by atoms with Crippen molar-refractivity contribution in [2.24, 2.45) is 5.92 Å². The zero-order chi connectivity index (χ0) is 13.6. The lowest BCUT2D eigenvalue weighted by Gasteiger charge is -2.25. The van der Waals surface area contributed by atoms with Gasteiger partial charge in [0.05, 0.1) is 0 Å². The highest BCUT2D eigenvalue weighted by atomic mass is 16.6. The van der Waals surface area contributed by atoms with E-state index in [4.69, 9.17) is 0 Å². The van der Waals surface area contributed by atoms with E-state index in [0.29, 0.717) is 12.5 Å². The van der Waals surface area contributed by atoms with E-state index in [1.165, 1.54) is 0 Å². The second kappa shape index (κ2) is 4.04. The van der Waals surface area contributed by atoms with Gasteiger partial charge in [0.2, 0.25) is 5.52 Å². The summed E-state index contributed by atoms with van der Waals surface area (Å²) in [5.41, 5.74) is -1.26. The number of nitro groups is 1. The van der Waals surface area contributed by atoms with Crippen LogP contribution in [0.2, 0.25) is 0 Å². The number of imidazole rings is 1. The molecule has 0 spiro atoms. The van der Waals surface area contributed by atoms with E-state index >= 15 is 0 Å². The monoisotopic (exact) mass is 265 g/mol. The number of hydrogen-bond donors (Lipinski definition) is 2. The maximum atomic E-state index is 12.1. The van der Waals surface area contributed by atoms with E-state index in [9.17, 15) is 19.7 Å². The largest absolute Gasteiger partial charge is 0.435 e. The number of nitrogens with one attached hydrogen (secondary N) is 2. The summed E-state index contributed by atoms with van der Waals surface area (Å²) in [4.78, 5) is 42.0. The van der Waals surface area contributed by atoms with Crippen molar-refractivity contribution in [1.82, 2.24) is 19.5 Å². The Morgan fingerprint density at radius 2 is 2.11 bits per heavy atom. The molecule has 9 nitrogen and oxygen atoms in total. The lowest BCUT2D eigenvalue weighted by atomic mass is 9.85. The molecule has 2 aromatic rings. The molecule has 0 atom stereocenters. The Hall–Kier alpha value is -2.45. The van der Waals surface area contributed by atoms with Crippen LogP contribution in [0.4, 0.5) is 5.95 Å². The van der Waals surface area contributed by atoms with Crippen LogP contribution in [0.1, 0.15) is 19.3 Å².